The van der Waals surface area contributed by atoms with E-state index >= 15 is 0 Å². The molecule has 3 nitrogen and oxygen atoms in total. The first kappa shape index (κ1) is 15.0. The minimum Gasteiger partial charge on any atom is -0.329 e. The number of hydrogen-bond donors (Lipinski definition) is 1. The van der Waals surface area contributed by atoms with Gasteiger partial charge in [-0.25, -0.2) is 0 Å². The van der Waals surface area contributed by atoms with E-state index in [9.17, 15) is 0 Å². The van der Waals surface area contributed by atoms with Gasteiger partial charge in [-0.15, -0.1) is 0 Å². The molecule has 0 aromatic heterocycles. The highest BCUT2D eigenvalue weighted by Gasteiger charge is 2.42. The van der Waals surface area contributed by atoms with Gasteiger partial charge in [-0.3, -0.25) is 4.90 Å². The van der Waals surface area contributed by atoms with Gasteiger partial charge in [-0.05, 0) is 57.8 Å². The molecule has 116 valence electrons. The molecule has 0 bridgehead atoms. The topological polar surface area (TPSA) is 32.5 Å². The van der Waals surface area contributed by atoms with Gasteiger partial charge in [0.25, 0.3) is 0 Å². The fourth-order valence-electron chi connectivity index (χ4n) is 3.67. The highest BCUT2D eigenvalue weighted by molar-refractivity contribution is 5.15. The maximum atomic E-state index is 6.16. The second kappa shape index (κ2) is 6.47. The Labute approximate surface area is 129 Å². The van der Waals surface area contributed by atoms with Crippen molar-refractivity contribution in [3.05, 3.63) is 35.9 Å². The van der Waals surface area contributed by atoms with Crippen molar-refractivity contribution in [1.82, 2.24) is 9.80 Å². The lowest BCUT2D eigenvalue weighted by molar-refractivity contribution is 0.0402. The van der Waals surface area contributed by atoms with Gasteiger partial charge in [0.2, 0.25) is 0 Å². The van der Waals surface area contributed by atoms with Crippen LogP contribution >= 0.6 is 0 Å². The van der Waals surface area contributed by atoms with E-state index in [-0.39, 0.29) is 5.54 Å². The second-order valence-corrected chi connectivity index (χ2v) is 6.85. The molecule has 0 atom stereocenters. The smallest absolute Gasteiger partial charge is 0.0355 e. The Balaban J connectivity index is 1.50. The number of hydrogen-bond acceptors (Lipinski definition) is 3. The number of nitrogens with two attached hydrogens (primary N) is 1. The van der Waals surface area contributed by atoms with Crippen LogP contribution in [0.25, 0.3) is 0 Å². The van der Waals surface area contributed by atoms with Crippen molar-refractivity contribution in [1.29, 1.82) is 0 Å². The molecule has 0 amide bonds. The quantitative estimate of drug-likeness (QED) is 0.870. The fraction of sp³-hybridized carbons (Fsp3) is 0.667. The maximum Gasteiger partial charge on any atom is 0.0355 e. The number of likely N-dealkylation sites (tertiary alicyclic amines) is 1. The van der Waals surface area contributed by atoms with E-state index in [1.165, 1.54) is 50.9 Å². The molecular weight excluding hydrogens is 258 g/mol. The summed E-state index contributed by atoms with van der Waals surface area (Å²) in [6.45, 7) is 4.38. The molecule has 1 heterocycles. The molecule has 1 saturated heterocycles. The summed E-state index contributed by atoms with van der Waals surface area (Å²) >= 11 is 0. The zero-order valence-electron chi connectivity index (χ0n) is 13.3. The average Bonchev–Trinajstić information content (AvgIpc) is 3.39. The van der Waals surface area contributed by atoms with Gasteiger partial charge < -0.3 is 10.6 Å². The molecule has 21 heavy (non-hydrogen) atoms. The maximum absolute atomic E-state index is 6.16. The molecule has 2 aliphatic rings. The lowest BCUT2D eigenvalue weighted by atomic mass is 9.85. The van der Waals surface area contributed by atoms with Gasteiger partial charge in [-0.2, -0.15) is 0 Å². The van der Waals surface area contributed by atoms with E-state index in [0.717, 1.165) is 19.0 Å². The third-order valence-electron chi connectivity index (χ3n) is 5.57. The van der Waals surface area contributed by atoms with E-state index in [0.29, 0.717) is 0 Å². The molecule has 1 aromatic carbocycles. The minimum atomic E-state index is 0.268. The van der Waals surface area contributed by atoms with Gasteiger partial charge >= 0.3 is 0 Å². The summed E-state index contributed by atoms with van der Waals surface area (Å²) in [6, 6.07) is 11.6. The van der Waals surface area contributed by atoms with Crippen LogP contribution in [0.4, 0.5) is 0 Å². The molecule has 0 spiro atoms. The van der Waals surface area contributed by atoms with Gasteiger partial charge in [-0.1, -0.05) is 30.3 Å². The Bertz CT molecular complexity index is 433. The van der Waals surface area contributed by atoms with Crippen molar-refractivity contribution in [2.75, 3.05) is 33.2 Å². The van der Waals surface area contributed by atoms with Crippen LogP contribution in [0.3, 0.4) is 0 Å². The van der Waals surface area contributed by atoms with Crippen molar-refractivity contribution in [3.8, 4) is 0 Å². The molecule has 1 saturated carbocycles. The number of nitrogens with zero attached hydrogens (tertiary/aromatic N) is 2. The van der Waals surface area contributed by atoms with Crippen LogP contribution in [0, 0.1) is 0 Å². The standard InChI is InChI=1S/C18H29N3/c1-20(17-7-8-17)18(15-19)10-13-21(14-11-18)12-9-16-5-3-2-4-6-16/h2-6,17H,7-15,19H2,1H3. The largest absolute Gasteiger partial charge is 0.329 e. The molecular formula is C18H29N3. The molecule has 3 rings (SSSR count). The zero-order valence-corrected chi connectivity index (χ0v) is 13.3. The Morgan fingerprint density at radius 2 is 1.86 bits per heavy atom. The summed E-state index contributed by atoms with van der Waals surface area (Å²) < 4.78 is 0. The van der Waals surface area contributed by atoms with E-state index in [1.807, 2.05) is 0 Å². The predicted molar refractivity (Wildman–Crippen MR) is 88.4 cm³/mol. The predicted octanol–water partition coefficient (Wildman–Crippen LogP) is 2.12. The Kier molecular flexibility index (Phi) is 4.63. The molecule has 1 aliphatic heterocycles. The van der Waals surface area contributed by atoms with Crippen molar-refractivity contribution in [2.45, 2.75) is 43.7 Å². The van der Waals surface area contributed by atoms with Crippen molar-refractivity contribution in [2.24, 2.45) is 5.73 Å². The number of benzene rings is 1. The summed E-state index contributed by atoms with van der Waals surface area (Å²) in [5.74, 6) is 0. The Hall–Kier alpha value is -0.900. The Morgan fingerprint density at radius 3 is 2.43 bits per heavy atom. The first-order valence-corrected chi connectivity index (χ1v) is 8.43. The second-order valence-electron chi connectivity index (χ2n) is 6.85. The van der Waals surface area contributed by atoms with Crippen LogP contribution < -0.4 is 5.73 Å². The van der Waals surface area contributed by atoms with Crippen LogP contribution in [0.15, 0.2) is 30.3 Å². The fourth-order valence-corrected chi connectivity index (χ4v) is 3.67. The van der Waals surface area contributed by atoms with E-state index in [2.05, 4.69) is 47.2 Å². The highest BCUT2D eigenvalue weighted by atomic mass is 15.3. The third kappa shape index (κ3) is 3.47. The third-order valence-corrected chi connectivity index (χ3v) is 5.57. The van der Waals surface area contributed by atoms with Crippen LogP contribution in [0.5, 0.6) is 0 Å². The van der Waals surface area contributed by atoms with Crippen LogP contribution in [-0.2, 0) is 6.42 Å². The minimum absolute atomic E-state index is 0.268. The molecule has 1 aromatic rings. The van der Waals surface area contributed by atoms with Crippen molar-refractivity contribution >= 4 is 0 Å². The first-order chi connectivity index (χ1) is 10.2. The first-order valence-electron chi connectivity index (χ1n) is 8.43. The van der Waals surface area contributed by atoms with Crippen molar-refractivity contribution in [3.63, 3.8) is 0 Å². The van der Waals surface area contributed by atoms with Crippen LogP contribution in [-0.4, -0.2) is 54.6 Å². The number of piperidine rings is 1. The Morgan fingerprint density at radius 1 is 1.19 bits per heavy atom. The monoisotopic (exact) mass is 287 g/mol. The van der Waals surface area contributed by atoms with E-state index in [1.54, 1.807) is 0 Å². The summed E-state index contributed by atoms with van der Waals surface area (Å²) in [6.07, 6.45) is 6.36. The molecule has 1 aliphatic carbocycles. The summed E-state index contributed by atoms with van der Waals surface area (Å²) in [7, 11) is 2.30. The molecule has 2 fully saturated rings. The number of rotatable bonds is 6. The molecule has 0 radical (unpaired) electrons. The normalized spacial score (nSPS) is 22.6. The van der Waals surface area contributed by atoms with Crippen LogP contribution in [0.2, 0.25) is 0 Å². The summed E-state index contributed by atoms with van der Waals surface area (Å²) in [5.41, 5.74) is 7.87. The molecule has 2 N–H and O–H groups in total. The summed E-state index contributed by atoms with van der Waals surface area (Å²) in [4.78, 5) is 5.21. The van der Waals surface area contributed by atoms with Gasteiger partial charge in [0.15, 0.2) is 0 Å². The van der Waals surface area contributed by atoms with Crippen LogP contribution in [0.1, 0.15) is 31.2 Å². The van der Waals surface area contributed by atoms with Gasteiger partial charge in [0.05, 0.1) is 0 Å². The van der Waals surface area contributed by atoms with E-state index < -0.39 is 0 Å². The average molecular weight is 287 g/mol. The van der Waals surface area contributed by atoms with Gasteiger partial charge in [0, 0.05) is 24.7 Å². The molecule has 0 unspecified atom stereocenters. The van der Waals surface area contributed by atoms with Gasteiger partial charge in [0.1, 0.15) is 0 Å². The van der Waals surface area contributed by atoms with E-state index in [4.69, 9.17) is 5.73 Å². The molecule has 3 heteroatoms. The lowest BCUT2D eigenvalue weighted by Crippen LogP contribution is -2.58. The highest BCUT2D eigenvalue weighted by Crippen LogP contribution is 2.36. The zero-order chi connectivity index (χ0) is 14.7. The van der Waals surface area contributed by atoms with Crippen molar-refractivity contribution < 1.29 is 0 Å². The lowest BCUT2D eigenvalue weighted by Gasteiger charge is -2.47. The SMILES string of the molecule is CN(C1CC1)C1(CN)CCN(CCc2ccccc2)CC1. The number of likely N-dealkylation sites (N-methyl/N-ethyl adjacent to an activating group) is 1. The summed E-state index contributed by atoms with van der Waals surface area (Å²) in [5, 5.41) is 0.